The van der Waals surface area contributed by atoms with Gasteiger partial charge in [0.05, 0.1) is 25.3 Å². The standard InChI is InChI=1S/C20H28N4O3/c25-12-19(26)14-1-6-18-17(11-14)20(22-13-21-18)23-15-2-4-16(5-3-15)24-7-9-27-10-8-24/h1,6,11,13,15-16,19,25-26H,2-5,7-10,12H2,(H,21,22,23). The molecular weight excluding hydrogens is 344 g/mol. The first-order valence-corrected chi connectivity index (χ1v) is 9.86. The summed E-state index contributed by atoms with van der Waals surface area (Å²) in [4.78, 5) is 11.3. The number of hydrogen-bond acceptors (Lipinski definition) is 7. The smallest absolute Gasteiger partial charge is 0.137 e. The average molecular weight is 372 g/mol. The van der Waals surface area contributed by atoms with Gasteiger partial charge in [0.25, 0.3) is 0 Å². The Hall–Kier alpha value is -1.80. The minimum absolute atomic E-state index is 0.298. The number of fused-ring (bicyclic) bond motifs is 1. The van der Waals surface area contributed by atoms with Crippen LogP contribution < -0.4 is 5.32 Å². The van der Waals surface area contributed by atoms with Crippen LogP contribution in [0.2, 0.25) is 0 Å². The van der Waals surface area contributed by atoms with Crippen LogP contribution >= 0.6 is 0 Å². The van der Waals surface area contributed by atoms with E-state index in [1.165, 1.54) is 12.8 Å². The molecule has 1 aliphatic heterocycles. The van der Waals surface area contributed by atoms with Gasteiger partial charge in [0.1, 0.15) is 18.2 Å². The SMILES string of the molecule is OCC(O)c1ccc2ncnc(NC3CCC(N4CCOCC4)CC3)c2c1. The van der Waals surface area contributed by atoms with Crippen molar-refractivity contribution in [2.75, 3.05) is 38.2 Å². The number of aliphatic hydroxyl groups is 2. The quantitative estimate of drug-likeness (QED) is 0.736. The summed E-state index contributed by atoms with van der Waals surface area (Å²) in [7, 11) is 0. The van der Waals surface area contributed by atoms with Crippen molar-refractivity contribution in [3.63, 3.8) is 0 Å². The zero-order valence-electron chi connectivity index (χ0n) is 15.5. The molecule has 2 fully saturated rings. The second kappa shape index (κ2) is 8.48. The van der Waals surface area contributed by atoms with Crippen molar-refractivity contribution in [2.45, 2.75) is 43.9 Å². The van der Waals surface area contributed by atoms with Gasteiger partial charge in [0, 0.05) is 30.6 Å². The van der Waals surface area contributed by atoms with E-state index >= 15 is 0 Å². The van der Waals surface area contributed by atoms with Crippen molar-refractivity contribution >= 4 is 16.7 Å². The molecule has 1 saturated heterocycles. The summed E-state index contributed by atoms with van der Waals surface area (Å²) < 4.78 is 5.46. The van der Waals surface area contributed by atoms with Gasteiger partial charge in [0.15, 0.2) is 0 Å². The second-order valence-electron chi connectivity index (χ2n) is 7.50. The maximum atomic E-state index is 9.93. The van der Waals surface area contributed by atoms with Crippen LogP contribution in [0.15, 0.2) is 24.5 Å². The molecule has 27 heavy (non-hydrogen) atoms. The number of aliphatic hydroxyl groups excluding tert-OH is 2. The Labute approximate surface area is 159 Å². The number of hydrogen-bond donors (Lipinski definition) is 3. The molecule has 0 spiro atoms. The summed E-state index contributed by atoms with van der Waals surface area (Å²) in [5.41, 5.74) is 1.52. The van der Waals surface area contributed by atoms with E-state index in [-0.39, 0.29) is 6.61 Å². The molecule has 1 saturated carbocycles. The fourth-order valence-corrected chi connectivity index (χ4v) is 4.22. The number of anilines is 1. The van der Waals surface area contributed by atoms with Crippen LogP contribution in [0.5, 0.6) is 0 Å². The van der Waals surface area contributed by atoms with E-state index in [1.807, 2.05) is 12.1 Å². The van der Waals surface area contributed by atoms with E-state index in [0.29, 0.717) is 17.6 Å². The summed E-state index contributed by atoms with van der Waals surface area (Å²) in [6.45, 7) is 3.51. The topological polar surface area (TPSA) is 90.7 Å². The maximum Gasteiger partial charge on any atom is 0.137 e. The van der Waals surface area contributed by atoms with Crippen molar-refractivity contribution in [2.24, 2.45) is 0 Å². The number of morpholine rings is 1. The van der Waals surface area contributed by atoms with Crippen LogP contribution in [-0.2, 0) is 4.74 Å². The van der Waals surface area contributed by atoms with E-state index in [9.17, 15) is 10.2 Å². The highest BCUT2D eigenvalue weighted by molar-refractivity contribution is 5.89. The van der Waals surface area contributed by atoms with Crippen LogP contribution in [-0.4, -0.2) is 70.1 Å². The zero-order valence-corrected chi connectivity index (χ0v) is 15.5. The average Bonchev–Trinajstić information content (AvgIpc) is 2.74. The molecule has 3 N–H and O–H groups in total. The lowest BCUT2D eigenvalue weighted by Gasteiger charge is -2.39. The minimum atomic E-state index is -0.883. The Morgan fingerprint density at radius 3 is 2.67 bits per heavy atom. The third-order valence-corrected chi connectivity index (χ3v) is 5.82. The second-order valence-corrected chi connectivity index (χ2v) is 7.50. The van der Waals surface area contributed by atoms with Crippen molar-refractivity contribution in [1.29, 1.82) is 0 Å². The van der Waals surface area contributed by atoms with Crippen molar-refractivity contribution in [3.05, 3.63) is 30.1 Å². The predicted octanol–water partition coefficient (Wildman–Crippen LogP) is 1.71. The molecule has 1 aromatic carbocycles. The highest BCUT2D eigenvalue weighted by Gasteiger charge is 2.27. The molecule has 1 atom stereocenters. The Morgan fingerprint density at radius 2 is 1.93 bits per heavy atom. The van der Waals surface area contributed by atoms with Crippen LogP contribution in [0, 0.1) is 0 Å². The van der Waals surface area contributed by atoms with E-state index in [2.05, 4.69) is 20.2 Å². The molecule has 2 aliphatic rings. The number of rotatable bonds is 5. The number of nitrogens with one attached hydrogen (secondary N) is 1. The van der Waals surface area contributed by atoms with E-state index in [4.69, 9.17) is 4.74 Å². The molecule has 0 amide bonds. The van der Waals surface area contributed by atoms with Gasteiger partial charge in [-0.2, -0.15) is 0 Å². The van der Waals surface area contributed by atoms with Gasteiger partial charge < -0.3 is 20.3 Å². The van der Waals surface area contributed by atoms with Gasteiger partial charge in [-0.3, -0.25) is 4.90 Å². The van der Waals surface area contributed by atoms with Gasteiger partial charge in [-0.05, 0) is 43.4 Å². The maximum absolute atomic E-state index is 9.93. The van der Waals surface area contributed by atoms with E-state index in [0.717, 1.165) is 55.9 Å². The summed E-state index contributed by atoms with van der Waals surface area (Å²) in [6, 6.07) is 6.60. The largest absolute Gasteiger partial charge is 0.393 e. The first-order chi connectivity index (χ1) is 13.2. The van der Waals surface area contributed by atoms with Gasteiger partial charge in [-0.25, -0.2) is 9.97 Å². The summed E-state index contributed by atoms with van der Waals surface area (Å²) in [5, 5.41) is 23.6. The lowest BCUT2D eigenvalue weighted by molar-refractivity contribution is 0.00791. The zero-order chi connectivity index (χ0) is 18.6. The first kappa shape index (κ1) is 18.6. The Kier molecular flexibility index (Phi) is 5.83. The Balaban J connectivity index is 1.44. The predicted molar refractivity (Wildman–Crippen MR) is 104 cm³/mol. The highest BCUT2D eigenvalue weighted by atomic mass is 16.5. The summed E-state index contributed by atoms with van der Waals surface area (Å²) in [5.74, 6) is 0.807. The third kappa shape index (κ3) is 4.21. The fraction of sp³-hybridized carbons (Fsp3) is 0.600. The van der Waals surface area contributed by atoms with Crippen molar-refractivity contribution < 1.29 is 14.9 Å². The monoisotopic (exact) mass is 372 g/mol. The fourth-order valence-electron chi connectivity index (χ4n) is 4.22. The number of benzene rings is 1. The van der Waals surface area contributed by atoms with Crippen LogP contribution in [0.3, 0.4) is 0 Å². The van der Waals surface area contributed by atoms with Crippen LogP contribution in [0.1, 0.15) is 37.4 Å². The molecule has 0 bridgehead atoms. The van der Waals surface area contributed by atoms with E-state index in [1.54, 1.807) is 12.4 Å². The molecule has 146 valence electrons. The number of aromatic nitrogens is 2. The van der Waals surface area contributed by atoms with Crippen molar-refractivity contribution in [1.82, 2.24) is 14.9 Å². The van der Waals surface area contributed by atoms with Gasteiger partial charge in [-0.1, -0.05) is 6.07 Å². The van der Waals surface area contributed by atoms with Gasteiger partial charge in [0.2, 0.25) is 0 Å². The summed E-state index contributed by atoms with van der Waals surface area (Å²) >= 11 is 0. The number of nitrogens with zero attached hydrogens (tertiary/aromatic N) is 3. The molecule has 1 aliphatic carbocycles. The molecule has 1 aromatic heterocycles. The van der Waals surface area contributed by atoms with Gasteiger partial charge in [-0.15, -0.1) is 0 Å². The number of ether oxygens (including phenoxy) is 1. The minimum Gasteiger partial charge on any atom is -0.393 e. The molecule has 4 rings (SSSR count). The normalized spacial score (nSPS) is 25.4. The molecule has 0 radical (unpaired) electrons. The summed E-state index contributed by atoms with van der Waals surface area (Å²) in [6.07, 6.45) is 5.31. The first-order valence-electron chi connectivity index (χ1n) is 9.86. The van der Waals surface area contributed by atoms with E-state index < -0.39 is 6.10 Å². The lowest BCUT2D eigenvalue weighted by Crippen LogP contribution is -2.46. The highest BCUT2D eigenvalue weighted by Crippen LogP contribution is 2.29. The van der Waals surface area contributed by atoms with Crippen LogP contribution in [0.4, 0.5) is 5.82 Å². The lowest BCUT2D eigenvalue weighted by atomic mass is 9.90. The molecule has 2 aromatic rings. The van der Waals surface area contributed by atoms with Gasteiger partial charge >= 0.3 is 0 Å². The van der Waals surface area contributed by atoms with Crippen LogP contribution in [0.25, 0.3) is 10.9 Å². The Morgan fingerprint density at radius 1 is 1.15 bits per heavy atom. The molecule has 1 unspecified atom stereocenters. The molecule has 2 heterocycles. The Bertz CT molecular complexity index is 758. The molecular formula is C20H28N4O3. The third-order valence-electron chi connectivity index (χ3n) is 5.82. The molecule has 7 heteroatoms. The molecule has 7 nitrogen and oxygen atoms in total. The van der Waals surface area contributed by atoms with Crippen molar-refractivity contribution in [3.8, 4) is 0 Å².